The molecule has 0 aliphatic carbocycles. The van der Waals surface area contributed by atoms with Gasteiger partial charge in [0.15, 0.2) is 0 Å². The number of benzene rings is 1. The van der Waals surface area contributed by atoms with Gasteiger partial charge in [-0.2, -0.15) is 0 Å². The number of piperazine rings is 1. The molecule has 0 spiro atoms. The van der Waals surface area contributed by atoms with E-state index in [1.165, 1.54) is 5.56 Å². The van der Waals surface area contributed by atoms with E-state index in [1.54, 1.807) is 4.90 Å². The molecule has 3 unspecified atom stereocenters. The first-order valence-electron chi connectivity index (χ1n) is 11.2. The molecule has 160 valence electrons. The predicted octanol–water partition coefficient (Wildman–Crippen LogP) is 1.33. The number of amides is 3. The van der Waals surface area contributed by atoms with E-state index in [4.69, 9.17) is 0 Å². The molecule has 0 aromatic heterocycles. The number of hydrogen-bond donors (Lipinski definition) is 1. The predicted molar refractivity (Wildman–Crippen MR) is 112 cm³/mol. The van der Waals surface area contributed by atoms with Crippen LogP contribution in [0.25, 0.3) is 0 Å². The van der Waals surface area contributed by atoms with Crippen molar-refractivity contribution in [3.63, 3.8) is 0 Å². The number of likely N-dealkylation sites (N-methyl/N-ethyl adjacent to an activating group) is 2. The maximum absolute atomic E-state index is 13.0. The van der Waals surface area contributed by atoms with Gasteiger partial charge in [-0.1, -0.05) is 19.1 Å². The fourth-order valence-electron chi connectivity index (χ4n) is 5.90. The molecule has 6 rings (SSSR count). The van der Waals surface area contributed by atoms with Gasteiger partial charge in [0.2, 0.25) is 11.8 Å². The highest BCUT2D eigenvalue weighted by molar-refractivity contribution is 6.05. The number of hydrogen-bond acceptors (Lipinski definition) is 5. The zero-order valence-electron chi connectivity index (χ0n) is 17.8. The molecule has 7 nitrogen and oxygen atoms in total. The molecule has 5 heterocycles. The first kappa shape index (κ1) is 19.7. The second-order valence-corrected chi connectivity index (χ2v) is 9.32. The Morgan fingerprint density at radius 2 is 1.90 bits per heavy atom. The van der Waals surface area contributed by atoms with Crippen LogP contribution in [0.1, 0.15) is 60.0 Å². The van der Waals surface area contributed by atoms with Gasteiger partial charge in [0.05, 0.1) is 0 Å². The summed E-state index contributed by atoms with van der Waals surface area (Å²) in [5.74, 6) is -0.206. The Bertz CT molecular complexity index is 900. The van der Waals surface area contributed by atoms with E-state index in [9.17, 15) is 14.4 Å². The number of imide groups is 1. The van der Waals surface area contributed by atoms with Gasteiger partial charge in [-0.25, -0.2) is 0 Å². The van der Waals surface area contributed by atoms with Gasteiger partial charge < -0.3 is 9.80 Å². The number of piperidine rings is 1. The van der Waals surface area contributed by atoms with Crippen LogP contribution in [0.4, 0.5) is 0 Å². The topological polar surface area (TPSA) is 73.0 Å². The van der Waals surface area contributed by atoms with E-state index < -0.39 is 6.04 Å². The largest absolute Gasteiger partial charge is 0.322 e. The molecule has 4 saturated heterocycles. The summed E-state index contributed by atoms with van der Waals surface area (Å²) in [6.07, 6.45) is 2.99. The number of fused-ring (bicyclic) bond motifs is 5. The van der Waals surface area contributed by atoms with Crippen molar-refractivity contribution in [1.82, 2.24) is 20.0 Å². The molecule has 7 heteroatoms. The number of nitrogens with zero attached hydrogens (tertiary/aromatic N) is 3. The van der Waals surface area contributed by atoms with Crippen molar-refractivity contribution in [1.29, 1.82) is 0 Å². The standard InChI is InChI=1S/C23H30N4O3/c1-3-26-13-17-9-15(10-18(26)12-25(17)2)14-4-5-19-16(8-14)11-27(23(19)30)20-6-7-21(28)24-22(20)29/h4-5,8,15,17-18,20H,3,6-7,9-13H2,1-2H3,(H,24,28,29)/t15?,17?,18-,20?/m0/s1. The molecule has 5 aliphatic heterocycles. The minimum atomic E-state index is -0.550. The fraction of sp³-hybridized carbons (Fsp3) is 0.609. The van der Waals surface area contributed by atoms with E-state index >= 15 is 0 Å². The average Bonchev–Trinajstić information content (AvgIpc) is 2.86. The highest BCUT2D eigenvalue weighted by Crippen LogP contribution is 2.38. The third kappa shape index (κ3) is 3.24. The van der Waals surface area contributed by atoms with E-state index in [2.05, 4.69) is 41.2 Å². The summed E-state index contributed by atoms with van der Waals surface area (Å²) >= 11 is 0. The lowest BCUT2D eigenvalue weighted by Crippen LogP contribution is -2.54. The number of nitrogens with one attached hydrogen (secondary N) is 1. The summed E-state index contributed by atoms with van der Waals surface area (Å²) in [5, 5.41) is 2.37. The molecular weight excluding hydrogens is 380 g/mol. The summed E-state index contributed by atoms with van der Waals surface area (Å²) < 4.78 is 0. The van der Waals surface area contributed by atoms with Crippen LogP contribution in [-0.2, 0) is 16.1 Å². The molecule has 1 aromatic rings. The molecule has 0 radical (unpaired) electrons. The van der Waals surface area contributed by atoms with Crippen molar-refractivity contribution in [3.8, 4) is 0 Å². The van der Waals surface area contributed by atoms with Crippen LogP contribution in [0.3, 0.4) is 0 Å². The van der Waals surface area contributed by atoms with Crippen LogP contribution < -0.4 is 5.32 Å². The Morgan fingerprint density at radius 3 is 2.67 bits per heavy atom. The van der Waals surface area contributed by atoms with E-state index in [-0.39, 0.29) is 24.1 Å². The smallest absolute Gasteiger partial charge is 0.255 e. The average molecular weight is 411 g/mol. The molecule has 1 N–H and O–H groups in total. The van der Waals surface area contributed by atoms with E-state index in [1.807, 2.05) is 6.07 Å². The first-order valence-corrected chi connectivity index (χ1v) is 11.2. The molecule has 3 amide bonds. The van der Waals surface area contributed by atoms with Crippen LogP contribution in [0.2, 0.25) is 0 Å². The summed E-state index contributed by atoms with van der Waals surface area (Å²) in [5.41, 5.74) is 3.03. The van der Waals surface area contributed by atoms with Gasteiger partial charge in [0.25, 0.3) is 5.91 Å². The quantitative estimate of drug-likeness (QED) is 0.761. The van der Waals surface area contributed by atoms with Crippen LogP contribution in [0, 0.1) is 0 Å². The van der Waals surface area contributed by atoms with Crippen molar-refractivity contribution in [2.24, 2.45) is 0 Å². The second-order valence-electron chi connectivity index (χ2n) is 9.32. The minimum Gasteiger partial charge on any atom is -0.322 e. The zero-order valence-corrected chi connectivity index (χ0v) is 17.8. The molecule has 1 aromatic carbocycles. The maximum Gasteiger partial charge on any atom is 0.255 e. The molecule has 30 heavy (non-hydrogen) atoms. The van der Waals surface area contributed by atoms with Gasteiger partial charge in [-0.15, -0.1) is 0 Å². The highest BCUT2D eigenvalue weighted by atomic mass is 16.2. The maximum atomic E-state index is 13.0. The van der Waals surface area contributed by atoms with Crippen LogP contribution >= 0.6 is 0 Å². The second kappa shape index (κ2) is 7.46. The van der Waals surface area contributed by atoms with Gasteiger partial charge in [0, 0.05) is 43.7 Å². The van der Waals surface area contributed by atoms with Crippen LogP contribution in [-0.4, -0.2) is 77.2 Å². The SMILES string of the molecule is CCN1CC2CC(c3ccc4c(c3)CN(C3CCC(=O)NC3=O)C4=O)C[C@H]1CN2C. The fourth-order valence-corrected chi connectivity index (χ4v) is 5.90. The van der Waals surface area contributed by atoms with Gasteiger partial charge in [0.1, 0.15) is 6.04 Å². The molecule has 4 atom stereocenters. The van der Waals surface area contributed by atoms with Gasteiger partial charge in [-0.3, -0.25) is 24.6 Å². The Balaban J connectivity index is 1.37. The minimum absolute atomic E-state index is 0.0936. The highest BCUT2D eigenvalue weighted by Gasteiger charge is 2.41. The van der Waals surface area contributed by atoms with Crippen molar-refractivity contribution in [3.05, 3.63) is 34.9 Å². The van der Waals surface area contributed by atoms with Crippen molar-refractivity contribution in [2.45, 2.75) is 63.2 Å². The summed E-state index contributed by atoms with van der Waals surface area (Å²) in [7, 11) is 2.24. The lowest BCUT2D eigenvalue weighted by molar-refractivity contribution is -0.136. The Morgan fingerprint density at radius 1 is 1.10 bits per heavy atom. The zero-order chi connectivity index (χ0) is 21.0. The number of carbonyl (C=O) groups excluding carboxylic acids is 3. The molecule has 5 aliphatic rings. The lowest BCUT2D eigenvalue weighted by Gasteiger charge is -2.41. The summed E-state index contributed by atoms with van der Waals surface area (Å²) in [4.78, 5) is 43.5. The monoisotopic (exact) mass is 410 g/mol. The molecule has 4 fully saturated rings. The number of rotatable bonds is 3. The Kier molecular flexibility index (Phi) is 4.90. The van der Waals surface area contributed by atoms with Crippen LogP contribution in [0.5, 0.6) is 0 Å². The van der Waals surface area contributed by atoms with Crippen LogP contribution in [0.15, 0.2) is 18.2 Å². The normalized spacial score (nSPS) is 32.3. The third-order valence-corrected chi connectivity index (χ3v) is 7.62. The molecule has 2 bridgehead atoms. The molecule has 0 saturated carbocycles. The molecular formula is C23H30N4O3. The van der Waals surface area contributed by atoms with Gasteiger partial charge in [-0.05, 0) is 56.0 Å². The van der Waals surface area contributed by atoms with Crippen molar-refractivity contribution in [2.75, 3.05) is 26.7 Å². The van der Waals surface area contributed by atoms with Crippen molar-refractivity contribution >= 4 is 17.7 Å². The number of carbonyl (C=O) groups is 3. The van der Waals surface area contributed by atoms with E-state index in [0.717, 1.165) is 38.0 Å². The summed E-state index contributed by atoms with van der Waals surface area (Å²) in [6.45, 7) is 6.07. The third-order valence-electron chi connectivity index (χ3n) is 7.62. The van der Waals surface area contributed by atoms with Gasteiger partial charge >= 0.3 is 0 Å². The lowest BCUT2D eigenvalue weighted by atomic mass is 9.88. The summed E-state index contributed by atoms with van der Waals surface area (Å²) in [6, 6.07) is 6.88. The Hall–Kier alpha value is -2.25. The first-order chi connectivity index (χ1) is 14.4. The Labute approximate surface area is 177 Å². The van der Waals surface area contributed by atoms with E-state index in [0.29, 0.717) is 36.5 Å². The van der Waals surface area contributed by atoms with Crippen molar-refractivity contribution < 1.29 is 14.4 Å².